The van der Waals surface area contributed by atoms with Crippen LogP contribution in [0.3, 0.4) is 0 Å². The molecule has 1 aromatic heterocycles. The SMILES string of the molecule is CC(O)Cc1ccc([N+](=O)[O-])o1. The molecule has 1 aromatic rings. The van der Waals surface area contributed by atoms with Gasteiger partial charge in [-0.05, 0) is 13.0 Å². The van der Waals surface area contributed by atoms with E-state index >= 15 is 0 Å². The highest BCUT2D eigenvalue weighted by molar-refractivity contribution is 5.17. The van der Waals surface area contributed by atoms with E-state index in [2.05, 4.69) is 0 Å². The average molecular weight is 171 g/mol. The van der Waals surface area contributed by atoms with E-state index in [1.807, 2.05) is 0 Å². The zero-order chi connectivity index (χ0) is 9.14. The summed E-state index contributed by atoms with van der Waals surface area (Å²) in [5.74, 6) is 0.141. The number of aliphatic hydroxyl groups is 1. The van der Waals surface area contributed by atoms with Crippen LogP contribution in [-0.4, -0.2) is 16.1 Å². The summed E-state index contributed by atoms with van der Waals surface area (Å²) in [5, 5.41) is 19.1. The minimum absolute atomic E-state index is 0.286. The number of aliphatic hydroxyl groups excluding tert-OH is 1. The maximum atomic E-state index is 10.1. The van der Waals surface area contributed by atoms with Gasteiger partial charge < -0.3 is 9.52 Å². The second-order valence-electron chi connectivity index (χ2n) is 2.55. The van der Waals surface area contributed by atoms with E-state index in [9.17, 15) is 10.1 Å². The third-order valence-corrected chi connectivity index (χ3v) is 1.32. The second-order valence-corrected chi connectivity index (χ2v) is 2.55. The molecule has 1 rings (SSSR count). The lowest BCUT2D eigenvalue weighted by atomic mass is 10.2. The van der Waals surface area contributed by atoms with Crippen LogP contribution in [0.25, 0.3) is 0 Å². The van der Waals surface area contributed by atoms with Gasteiger partial charge in [0.25, 0.3) is 0 Å². The first-order chi connectivity index (χ1) is 5.59. The summed E-state index contributed by atoms with van der Waals surface area (Å²) >= 11 is 0. The molecular formula is C7H9NO4. The Hall–Kier alpha value is -1.36. The lowest BCUT2D eigenvalue weighted by molar-refractivity contribution is -0.402. The van der Waals surface area contributed by atoms with Crippen molar-refractivity contribution in [3.8, 4) is 0 Å². The summed E-state index contributed by atoms with van der Waals surface area (Å²) in [6.45, 7) is 1.59. The first-order valence-electron chi connectivity index (χ1n) is 3.51. The molecule has 0 aliphatic heterocycles. The second kappa shape index (κ2) is 3.36. The third-order valence-electron chi connectivity index (χ3n) is 1.32. The van der Waals surface area contributed by atoms with E-state index in [-0.39, 0.29) is 5.88 Å². The Morgan fingerprint density at radius 1 is 1.75 bits per heavy atom. The van der Waals surface area contributed by atoms with E-state index < -0.39 is 11.0 Å². The van der Waals surface area contributed by atoms with Crippen LogP contribution in [0.2, 0.25) is 0 Å². The molecule has 0 fully saturated rings. The van der Waals surface area contributed by atoms with Gasteiger partial charge in [0.15, 0.2) is 0 Å². The Morgan fingerprint density at radius 3 is 2.83 bits per heavy atom. The van der Waals surface area contributed by atoms with Gasteiger partial charge >= 0.3 is 5.88 Å². The van der Waals surface area contributed by atoms with Crippen molar-refractivity contribution < 1.29 is 14.4 Å². The fraction of sp³-hybridized carbons (Fsp3) is 0.429. The van der Waals surface area contributed by atoms with Gasteiger partial charge in [-0.15, -0.1) is 0 Å². The number of hydrogen-bond acceptors (Lipinski definition) is 4. The number of hydrogen-bond donors (Lipinski definition) is 1. The highest BCUT2D eigenvalue weighted by atomic mass is 16.6. The van der Waals surface area contributed by atoms with E-state index in [4.69, 9.17) is 9.52 Å². The van der Waals surface area contributed by atoms with Gasteiger partial charge in [-0.25, -0.2) is 0 Å². The standard InChI is InChI=1S/C7H9NO4/c1-5(9)4-6-2-3-7(12-6)8(10)11/h2-3,5,9H,4H2,1H3. The van der Waals surface area contributed by atoms with Gasteiger partial charge in [0.1, 0.15) is 10.7 Å². The minimum Gasteiger partial charge on any atom is -0.406 e. The Labute approximate surface area is 68.8 Å². The van der Waals surface area contributed by atoms with Crippen LogP contribution >= 0.6 is 0 Å². The number of rotatable bonds is 3. The summed E-state index contributed by atoms with van der Waals surface area (Å²) in [7, 11) is 0. The molecule has 1 unspecified atom stereocenters. The summed E-state index contributed by atoms with van der Waals surface area (Å²) < 4.78 is 4.80. The molecule has 0 amide bonds. The number of nitro groups is 1. The summed E-state index contributed by atoms with van der Waals surface area (Å²) in [4.78, 5) is 9.54. The van der Waals surface area contributed by atoms with Gasteiger partial charge in [0, 0.05) is 6.42 Å². The molecule has 5 nitrogen and oxygen atoms in total. The first kappa shape index (κ1) is 8.73. The van der Waals surface area contributed by atoms with Crippen LogP contribution in [0.1, 0.15) is 12.7 Å². The van der Waals surface area contributed by atoms with Crippen molar-refractivity contribution in [3.05, 3.63) is 28.0 Å². The van der Waals surface area contributed by atoms with Crippen LogP contribution in [-0.2, 0) is 6.42 Å². The molecule has 0 aliphatic rings. The Balaban J connectivity index is 2.71. The van der Waals surface area contributed by atoms with Crippen molar-refractivity contribution in [2.75, 3.05) is 0 Å². The molecular weight excluding hydrogens is 162 g/mol. The lowest BCUT2D eigenvalue weighted by Crippen LogP contribution is -2.02. The fourth-order valence-electron chi connectivity index (χ4n) is 0.866. The summed E-state index contributed by atoms with van der Waals surface area (Å²) in [6, 6.07) is 2.77. The molecule has 12 heavy (non-hydrogen) atoms. The van der Waals surface area contributed by atoms with Gasteiger partial charge in [0.2, 0.25) is 0 Å². The number of furan rings is 1. The minimum atomic E-state index is -0.606. The van der Waals surface area contributed by atoms with E-state index in [1.165, 1.54) is 12.1 Å². The molecule has 1 heterocycles. The molecule has 1 atom stereocenters. The van der Waals surface area contributed by atoms with E-state index in [0.29, 0.717) is 12.2 Å². The molecule has 0 saturated heterocycles. The van der Waals surface area contributed by atoms with Crippen molar-refractivity contribution >= 4 is 5.88 Å². The predicted molar refractivity (Wildman–Crippen MR) is 40.7 cm³/mol. The Morgan fingerprint density at radius 2 is 2.42 bits per heavy atom. The molecule has 5 heteroatoms. The van der Waals surface area contributed by atoms with Crippen molar-refractivity contribution in [2.45, 2.75) is 19.4 Å². The molecule has 0 aliphatic carbocycles. The van der Waals surface area contributed by atoms with Crippen LogP contribution < -0.4 is 0 Å². The van der Waals surface area contributed by atoms with E-state index in [1.54, 1.807) is 6.92 Å². The molecule has 0 aromatic carbocycles. The maximum Gasteiger partial charge on any atom is 0.433 e. The lowest BCUT2D eigenvalue weighted by Gasteiger charge is -1.97. The van der Waals surface area contributed by atoms with Gasteiger partial charge in [-0.2, -0.15) is 0 Å². The van der Waals surface area contributed by atoms with Crippen LogP contribution in [0, 0.1) is 10.1 Å². The molecule has 0 saturated carbocycles. The van der Waals surface area contributed by atoms with Crippen molar-refractivity contribution in [2.24, 2.45) is 0 Å². The first-order valence-corrected chi connectivity index (χ1v) is 3.51. The highest BCUT2D eigenvalue weighted by Crippen LogP contribution is 2.16. The molecule has 0 bridgehead atoms. The predicted octanol–water partition coefficient (Wildman–Crippen LogP) is 1.11. The smallest absolute Gasteiger partial charge is 0.406 e. The van der Waals surface area contributed by atoms with Crippen molar-refractivity contribution in [1.82, 2.24) is 0 Å². The largest absolute Gasteiger partial charge is 0.433 e. The quantitative estimate of drug-likeness (QED) is 0.545. The van der Waals surface area contributed by atoms with Crippen molar-refractivity contribution in [1.29, 1.82) is 0 Å². The van der Waals surface area contributed by atoms with Crippen LogP contribution in [0.4, 0.5) is 5.88 Å². The maximum absolute atomic E-state index is 10.1. The van der Waals surface area contributed by atoms with Gasteiger partial charge in [-0.3, -0.25) is 10.1 Å². The molecule has 66 valence electrons. The molecule has 1 N–H and O–H groups in total. The fourth-order valence-corrected chi connectivity index (χ4v) is 0.866. The number of nitrogens with zero attached hydrogens (tertiary/aromatic N) is 1. The van der Waals surface area contributed by atoms with Crippen molar-refractivity contribution in [3.63, 3.8) is 0 Å². The zero-order valence-electron chi connectivity index (χ0n) is 6.56. The van der Waals surface area contributed by atoms with Crippen LogP contribution in [0.5, 0.6) is 0 Å². The Kier molecular flexibility index (Phi) is 2.44. The highest BCUT2D eigenvalue weighted by Gasteiger charge is 2.12. The van der Waals surface area contributed by atoms with Crippen LogP contribution in [0.15, 0.2) is 16.5 Å². The zero-order valence-corrected chi connectivity index (χ0v) is 6.56. The molecule has 0 radical (unpaired) electrons. The third kappa shape index (κ3) is 2.06. The van der Waals surface area contributed by atoms with Gasteiger partial charge in [-0.1, -0.05) is 0 Å². The van der Waals surface area contributed by atoms with E-state index in [0.717, 1.165) is 0 Å². The topological polar surface area (TPSA) is 76.5 Å². The molecule has 0 spiro atoms. The normalized spacial score (nSPS) is 12.8. The summed E-state index contributed by atoms with van der Waals surface area (Å²) in [5.41, 5.74) is 0. The van der Waals surface area contributed by atoms with Gasteiger partial charge in [0.05, 0.1) is 12.2 Å². The Bertz CT molecular complexity index is 279. The average Bonchev–Trinajstić information content (AvgIpc) is 2.34. The summed E-state index contributed by atoms with van der Waals surface area (Å²) in [6.07, 6.45) is -0.246. The monoisotopic (exact) mass is 171 g/mol.